The molecule has 160 valence electrons. The first-order valence-corrected chi connectivity index (χ1v) is 10.8. The topological polar surface area (TPSA) is 61.8 Å². The summed E-state index contributed by atoms with van der Waals surface area (Å²) in [6.07, 6.45) is 1.26. The summed E-state index contributed by atoms with van der Waals surface area (Å²) in [7, 11) is 0. The van der Waals surface area contributed by atoms with Gasteiger partial charge in [-0.15, -0.1) is 0 Å². The van der Waals surface area contributed by atoms with Crippen LogP contribution in [-0.2, 0) is 22.7 Å². The van der Waals surface area contributed by atoms with E-state index >= 15 is 0 Å². The molecule has 1 aliphatic heterocycles. The maximum atomic E-state index is 13.1. The lowest BCUT2D eigenvalue weighted by Crippen LogP contribution is -2.29. The maximum absolute atomic E-state index is 13.1. The van der Waals surface area contributed by atoms with Crippen LogP contribution in [0.25, 0.3) is 0 Å². The Bertz CT molecular complexity index is 1160. The molecule has 3 aromatic rings. The lowest BCUT2D eigenvalue weighted by atomic mass is 10.2. The average molecular weight is 446 g/mol. The third kappa shape index (κ3) is 5.50. The Labute approximate surface area is 189 Å². The number of rotatable bonds is 6. The molecule has 0 radical (unpaired) electrons. The van der Waals surface area contributed by atoms with Gasteiger partial charge in [-0.1, -0.05) is 60.7 Å². The van der Waals surface area contributed by atoms with Crippen LogP contribution in [0.3, 0.4) is 0 Å². The van der Waals surface area contributed by atoms with E-state index in [-0.39, 0.29) is 10.8 Å². The molecule has 0 aliphatic carbocycles. The van der Waals surface area contributed by atoms with Crippen LogP contribution in [0.15, 0.2) is 101 Å². The number of benzene rings is 3. The van der Waals surface area contributed by atoms with Crippen molar-refractivity contribution in [1.29, 1.82) is 0 Å². The molecule has 5 nitrogen and oxygen atoms in total. The van der Waals surface area contributed by atoms with Gasteiger partial charge in [-0.05, 0) is 47.2 Å². The minimum Gasteiger partial charge on any atom is -0.322 e. The zero-order valence-corrected chi connectivity index (χ0v) is 17.9. The van der Waals surface area contributed by atoms with Gasteiger partial charge in [0.15, 0.2) is 5.17 Å². The van der Waals surface area contributed by atoms with E-state index in [1.807, 2.05) is 60.7 Å². The highest BCUT2D eigenvalue weighted by Crippen LogP contribution is 2.32. The molecule has 0 spiro atoms. The van der Waals surface area contributed by atoms with Crippen LogP contribution in [0, 0.1) is 5.82 Å². The summed E-state index contributed by atoms with van der Waals surface area (Å²) in [4.78, 5) is 32.0. The molecular weight excluding hydrogens is 425 g/mol. The van der Waals surface area contributed by atoms with Gasteiger partial charge in [0.05, 0.1) is 18.0 Å². The normalized spacial score (nSPS) is 16.0. The van der Waals surface area contributed by atoms with Gasteiger partial charge in [-0.3, -0.25) is 19.5 Å². The molecule has 4 rings (SSSR count). The summed E-state index contributed by atoms with van der Waals surface area (Å²) >= 11 is 1.17. The largest absolute Gasteiger partial charge is 0.322 e. The van der Waals surface area contributed by atoms with E-state index in [4.69, 9.17) is 0 Å². The zero-order chi connectivity index (χ0) is 22.3. The Kier molecular flexibility index (Phi) is 6.77. The number of amidine groups is 1. The maximum Gasteiger partial charge on any atom is 0.267 e. The van der Waals surface area contributed by atoms with Crippen molar-refractivity contribution >= 4 is 34.4 Å². The van der Waals surface area contributed by atoms with Crippen LogP contribution in [0.5, 0.6) is 0 Å². The molecule has 32 heavy (non-hydrogen) atoms. The van der Waals surface area contributed by atoms with E-state index in [9.17, 15) is 14.0 Å². The van der Waals surface area contributed by atoms with Gasteiger partial charge in [0.1, 0.15) is 5.82 Å². The zero-order valence-electron chi connectivity index (χ0n) is 17.1. The molecule has 0 unspecified atom stereocenters. The fraction of sp³-hybridized carbons (Fsp3) is 0.0800. The fourth-order valence-corrected chi connectivity index (χ4v) is 4.05. The number of aliphatic imine (C=N–C) groups is 1. The van der Waals surface area contributed by atoms with Crippen molar-refractivity contribution in [3.63, 3.8) is 0 Å². The molecular formula is C25H20FN3O2S. The second-order valence-electron chi connectivity index (χ2n) is 7.07. The van der Waals surface area contributed by atoms with E-state index in [1.54, 1.807) is 4.90 Å². The molecule has 7 heteroatoms. The number of hydrogen-bond donors (Lipinski definition) is 1. The van der Waals surface area contributed by atoms with Gasteiger partial charge >= 0.3 is 0 Å². The number of carbonyl (C=O) groups is 2. The molecule has 1 heterocycles. The summed E-state index contributed by atoms with van der Waals surface area (Å²) in [6, 6.07) is 24.8. The first kappa shape index (κ1) is 21.5. The predicted molar refractivity (Wildman–Crippen MR) is 125 cm³/mol. The molecule has 3 aromatic carbocycles. The number of halogens is 1. The number of amides is 2. The van der Waals surface area contributed by atoms with Crippen molar-refractivity contribution in [2.45, 2.75) is 13.1 Å². The second-order valence-corrected chi connectivity index (χ2v) is 8.08. The van der Waals surface area contributed by atoms with Gasteiger partial charge in [0.2, 0.25) is 5.91 Å². The van der Waals surface area contributed by atoms with Crippen molar-refractivity contribution < 1.29 is 14.0 Å². The van der Waals surface area contributed by atoms with E-state index in [2.05, 4.69) is 10.3 Å². The molecule has 1 aliphatic rings. The van der Waals surface area contributed by atoms with Gasteiger partial charge in [-0.2, -0.15) is 0 Å². The summed E-state index contributed by atoms with van der Waals surface area (Å²) in [5.74, 6) is -1.13. The molecule has 1 N–H and O–H groups in total. The highest BCUT2D eigenvalue weighted by atomic mass is 32.2. The van der Waals surface area contributed by atoms with Crippen LogP contribution in [0.2, 0.25) is 0 Å². The lowest BCUT2D eigenvalue weighted by Gasteiger charge is -2.15. The van der Waals surface area contributed by atoms with Crippen molar-refractivity contribution in [3.8, 4) is 0 Å². The van der Waals surface area contributed by atoms with Crippen molar-refractivity contribution in [2.75, 3.05) is 5.32 Å². The number of carbonyl (C=O) groups excluding carboxylic acids is 2. The third-order valence-electron chi connectivity index (χ3n) is 4.69. The Morgan fingerprint density at radius 3 is 2.22 bits per heavy atom. The molecule has 1 fully saturated rings. The van der Waals surface area contributed by atoms with E-state index in [0.717, 1.165) is 11.1 Å². The quantitative estimate of drug-likeness (QED) is 0.545. The van der Waals surface area contributed by atoms with Crippen molar-refractivity contribution in [1.82, 2.24) is 4.90 Å². The van der Waals surface area contributed by atoms with Gasteiger partial charge < -0.3 is 5.32 Å². The number of nitrogens with zero attached hydrogens (tertiary/aromatic N) is 2. The van der Waals surface area contributed by atoms with E-state index in [0.29, 0.717) is 23.9 Å². The smallest absolute Gasteiger partial charge is 0.267 e. The van der Waals surface area contributed by atoms with Crippen molar-refractivity contribution in [3.05, 3.63) is 113 Å². The van der Waals surface area contributed by atoms with E-state index in [1.165, 1.54) is 42.1 Å². The molecule has 0 atom stereocenters. The molecule has 0 bridgehead atoms. The van der Waals surface area contributed by atoms with Crippen LogP contribution < -0.4 is 5.32 Å². The number of hydrogen-bond acceptors (Lipinski definition) is 4. The van der Waals surface area contributed by atoms with Crippen LogP contribution >= 0.6 is 11.8 Å². The Hall–Kier alpha value is -3.71. The summed E-state index contributed by atoms with van der Waals surface area (Å²) < 4.78 is 13.1. The Balaban J connectivity index is 1.55. The monoisotopic (exact) mass is 445 g/mol. The van der Waals surface area contributed by atoms with Gasteiger partial charge in [0, 0.05) is 11.8 Å². The standard InChI is InChI=1S/C25H20FN3O2S/c26-20-11-13-21(14-12-20)28-23(30)15-22-24(31)29(17-19-9-5-2-6-10-19)25(32-22)27-16-18-7-3-1-4-8-18/h1-15H,16-17H2,(H,28,30). The number of thioether (sulfide) groups is 1. The SMILES string of the molecule is O=C(C=C1SC(=NCc2ccccc2)N(Cc2ccccc2)C1=O)Nc1ccc(F)cc1. The summed E-state index contributed by atoms with van der Waals surface area (Å²) in [5.41, 5.74) is 2.44. The van der Waals surface area contributed by atoms with Crippen molar-refractivity contribution in [2.24, 2.45) is 4.99 Å². The Morgan fingerprint density at radius 2 is 1.56 bits per heavy atom. The first-order chi connectivity index (χ1) is 15.6. The lowest BCUT2D eigenvalue weighted by molar-refractivity contribution is -0.123. The van der Waals surface area contributed by atoms with Crippen LogP contribution in [0.4, 0.5) is 10.1 Å². The average Bonchev–Trinajstić information content (AvgIpc) is 3.09. The summed E-state index contributed by atoms with van der Waals surface area (Å²) in [6.45, 7) is 0.786. The third-order valence-corrected chi connectivity index (χ3v) is 5.73. The molecule has 1 saturated heterocycles. The fourth-order valence-electron chi connectivity index (χ4n) is 3.10. The number of anilines is 1. The minimum atomic E-state index is -0.462. The Morgan fingerprint density at radius 1 is 0.938 bits per heavy atom. The molecule has 2 amide bonds. The van der Waals surface area contributed by atoms with Crippen LogP contribution in [0.1, 0.15) is 11.1 Å². The number of nitrogens with one attached hydrogen (secondary N) is 1. The molecule has 0 aromatic heterocycles. The van der Waals surface area contributed by atoms with Crippen LogP contribution in [-0.4, -0.2) is 21.9 Å². The first-order valence-electron chi connectivity index (χ1n) is 9.99. The summed E-state index contributed by atoms with van der Waals surface area (Å²) in [5, 5.41) is 3.19. The van der Waals surface area contributed by atoms with E-state index < -0.39 is 11.7 Å². The molecule has 0 saturated carbocycles. The van der Waals surface area contributed by atoms with Gasteiger partial charge in [-0.25, -0.2) is 4.39 Å². The highest BCUT2D eigenvalue weighted by molar-refractivity contribution is 8.18. The second kappa shape index (κ2) is 10.1. The highest BCUT2D eigenvalue weighted by Gasteiger charge is 2.33. The van der Waals surface area contributed by atoms with Gasteiger partial charge in [0.25, 0.3) is 5.91 Å². The minimum absolute atomic E-state index is 0.278. The predicted octanol–water partition coefficient (Wildman–Crippen LogP) is 4.98.